The van der Waals surface area contributed by atoms with Crippen LogP contribution in [0.5, 0.6) is 5.75 Å². The van der Waals surface area contributed by atoms with Crippen LogP contribution in [-0.2, 0) is 10.2 Å². The number of anilines is 1. The van der Waals surface area contributed by atoms with Gasteiger partial charge in [0.15, 0.2) is 17.4 Å². The molecule has 178 valence electrons. The zero-order valence-corrected chi connectivity index (χ0v) is 21.6. The molecule has 1 aliphatic heterocycles. The van der Waals surface area contributed by atoms with Crippen LogP contribution in [-0.4, -0.2) is 50.1 Å². The lowest BCUT2D eigenvalue weighted by atomic mass is 9.85. The third-order valence-corrected chi connectivity index (χ3v) is 6.33. The lowest BCUT2D eigenvalue weighted by molar-refractivity contribution is 0.0824. The summed E-state index contributed by atoms with van der Waals surface area (Å²) in [7, 11) is -0.980. The second kappa shape index (κ2) is 8.99. The van der Waals surface area contributed by atoms with Gasteiger partial charge in [-0.2, -0.15) is 8.42 Å². The first-order chi connectivity index (χ1) is 15.2. The maximum absolute atomic E-state index is 12.5. The molecule has 3 rings (SSSR count). The minimum absolute atomic E-state index is 0.00991. The molecule has 0 bridgehead atoms. The van der Waals surface area contributed by atoms with Crippen molar-refractivity contribution >= 4 is 61.0 Å². The third kappa shape index (κ3) is 5.50. The van der Waals surface area contributed by atoms with Crippen LogP contribution in [0.25, 0.3) is 0 Å². The van der Waals surface area contributed by atoms with Crippen molar-refractivity contribution in [2.24, 2.45) is 14.8 Å². The SMILES string of the molecule is CN(C)C(=O)c1c(Br)ccc(NC2=NS(=O)(=O)NC2=N[C@@H](c2cc(Cl)co2)C(C)(C)C)c1O. The molecule has 1 amide bonds. The molecule has 2 aromatic rings. The Bertz CT molecular complexity index is 1260. The maximum Gasteiger partial charge on any atom is 0.345 e. The number of halogens is 2. The van der Waals surface area contributed by atoms with Crippen LogP contribution in [0, 0.1) is 5.41 Å². The number of carbonyl (C=O) groups excluding carboxylic acids is 1. The summed E-state index contributed by atoms with van der Waals surface area (Å²) in [4.78, 5) is 18.3. The highest BCUT2D eigenvalue weighted by Crippen LogP contribution is 2.38. The molecule has 3 N–H and O–H groups in total. The Morgan fingerprint density at radius 2 is 2.03 bits per heavy atom. The Kier molecular flexibility index (Phi) is 6.83. The normalized spacial score (nSPS) is 17.4. The molecule has 1 aromatic carbocycles. The van der Waals surface area contributed by atoms with Crippen molar-refractivity contribution < 1.29 is 22.7 Å². The molecule has 13 heteroatoms. The van der Waals surface area contributed by atoms with E-state index in [-0.39, 0.29) is 28.7 Å². The topological polar surface area (TPSA) is 137 Å². The van der Waals surface area contributed by atoms with Crippen molar-refractivity contribution in [3.05, 3.63) is 45.3 Å². The summed E-state index contributed by atoms with van der Waals surface area (Å²) in [5.74, 6) is -0.609. The highest BCUT2D eigenvalue weighted by Gasteiger charge is 2.34. The third-order valence-electron chi connectivity index (χ3n) is 4.60. The van der Waals surface area contributed by atoms with Crippen LogP contribution < -0.4 is 10.0 Å². The molecule has 1 aliphatic rings. The van der Waals surface area contributed by atoms with Crippen molar-refractivity contribution in [2.45, 2.75) is 26.8 Å². The van der Waals surface area contributed by atoms with E-state index in [9.17, 15) is 18.3 Å². The van der Waals surface area contributed by atoms with Gasteiger partial charge in [-0.1, -0.05) is 32.4 Å². The predicted molar refractivity (Wildman–Crippen MR) is 130 cm³/mol. The first-order valence-corrected chi connectivity index (χ1v) is 12.3. The fourth-order valence-electron chi connectivity index (χ4n) is 3.03. The molecule has 1 atom stereocenters. The molecule has 0 unspecified atom stereocenters. The number of aliphatic imine (C=N–C) groups is 1. The lowest BCUT2D eigenvalue weighted by Gasteiger charge is -2.26. The van der Waals surface area contributed by atoms with E-state index in [4.69, 9.17) is 16.0 Å². The van der Waals surface area contributed by atoms with Crippen LogP contribution in [0.2, 0.25) is 5.02 Å². The molecule has 0 saturated carbocycles. The minimum Gasteiger partial charge on any atom is -0.505 e. The van der Waals surface area contributed by atoms with Gasteiger partial charge in [-0.3, -0.25) is 9.79 Å². The number of benzene rings is 1. The molecular formula is C20H23BrClN5O5S. The standard InChI is InChI=1S/C20H23BrClN5O5S/c1-20(2,3)16(13-8-10(22)9-32-13)24-18-17(25-33(30,31)26-18)23-12-7-6-11(21)14(15(12)28)19(29)27(4)5/h6-9,16,28H,1-5H3,(H,23,25)(H,24,26)/t16-/m0/s1. The number of nitrogens with one attached hydrogen (secondary N) is 2. The number of furan rings is 1. The van der Waals surface area contributed by atoms with Crippen LogP contribution in [0.4, 0.5) is 5.69 Å². The van der Waals surface area contributed by atoms with Gasteiger partial charge in [-0.15, -0.1) is 4.40 Å². The summed E-state index contributed by atoms with van der Waals surface area (Å²) in [6.07, 6.45) is 1.37. The summed E-state index contributed by atoms with van der Waals surface area (Å²) in [5, 5.41) is 13.9. The number of phenolic OH excluding ortho intramolecular Hbond substituents is 1. The van der Waals surface area contributed by atoms with Gasteiger partial charge < -0.3 is 19.7 Å². The first-order valence-electron chi connectivity index (χ1n) is 9.64. The summed E-state index contributed by atoms with van der Waals surface area (Å²) in [6, 6.07) is 4.02. The second-order valence-corrected chi connectivity index (χ2v) is 11.2. The molecule has 1 aromatic heterocycles. The van der Waals surface area contributed by atoms with E-state index in [1.807, 2.05) is 20.8 Å². The van der Waals surface area contributed by atoms with Gasteiger partial charge in [0.05, 0.1) is 16.3 Å². The van der Waals surface area contributed by atoms with Crippen LogP contribution in [0.15, 0.2) is 42.7 Å². The number of phenols is 1. The molecule has 0 spiro atoms. The Labute approximate surface area is 205 Å². The minimum atomic E-state index is -4.07. The van der Waals surface area contributed by atoms with Gasteiger partial charge in [0.1, 0.15) is 18.1 Å². The monoisotopic (exact) mass is 559 g/mol. The summed E-state index contributed by atoms with van der Waals surface area (Å²) in [6.45, 7) is 5.72. The van der Waals surface area contributed by atoms with Gasteiger partial charge in [-0.05, 0) is 33.5 Å². The van der Waals surface area contributed by atoms with Gasteiger partial charge in [-0.25, -0.2) is 4.72 Å². The van der Waals surface area contributed by atoms with Crippen molar-refractivity contribution in [1.29, 1.82) is 0 Å². The molecule has 0 fully saturated rings. The van der Waals surface area contributed by atoms with E-state index >= 15 is 0 Å². The molecule has 10 nitrogen and oxygen atoms in total. The van der Waals surface area contributed by atoms with Crippen molar-refractivity contribution in [3.63, 3.8) is 0 Å². The van der Waals surface area contributed by atoms with E-state index in [1.165, 1.54) is 17.2 Å². The van der Waals surface area contributed by atoms with E-state index in [1.54, 1.807) is 26.2 Å². The van der Waals surface area contributed by atoms with Gasteiger partial charge in [0, 0.05) is 24.6 Å². The second-order valence-electron chi connectivity index (χ2n) is 8.57. The van der Waals surface area contributed by atoms with E-state index in [2.05, 4.69) is 35.4 Å². The molecule has 0 aliphatic carbocycles. The quantitative estimate of drug-likeness (QED) is 0.485. The fourth-order valence-corrected chi connectivity index (χ4v) is 4.49. The maximum atomic E-state index is 12.5. The number of amides is 1. The first kappa shape index (κ1) is 25.1. The fraction of sp³-hybridized carbons (Fsp3) is 0.350. The van der Waals surface area contributed by atoms with Crippen molar-refractivity contribution in [2.75, 3.05) is 19.4 Å². The highest BCUT2D eigenvalue weighted by atomic mass is 79.9. The van der Waals surface area contributed by atoms with E-state index < -0.39 is 27.6 Å². The van der Waals surface area contributed by atoms with E-state index in [0.29, 0.717) is 15.3 Å². The number of hydrogen-bond acceptors (Lipinski definition) is 7. The largest absolute Gasteiger partial charge is 0.505 e. The highest BCUT2D eigenvalue weighted by molar-refractivity contribution is 9.10. The molecule has 0 radical (unpaired) electrons. The lowest BCUT2D eigenvalue weighted by Crippen LogP contribution is -2.32. The van der Waals surface area contributed by atoms with Crippen LogP contribution in [0.1, 0.15) is 42.9 Å². The van der Waals surface area contributed by atoms with Gasteiger partial charge >= 0.3 is 10.2 Å². The molecule has 0 saturated heterocycles. The number of carbonyl (C=O) groups is 1. The average molecular weight is 561 g/mol. The molecule has 2 heterocycles. The smallest absolute Gasteiger partial charge is 0.345 e. The summed E-state index contributed by atoms with van der Waals surface area (Å²) in [5.41, 5.74) is -0.393. The van der Waals surface area contributed by atoms with Crippen molar-refractivity contribution in [1.82, 2.24) is 9.62 Å². The number of amidine groups is 2. The van der Waals surface area contributed by atoms with Gasteiger partial charge in [0.25, 0.3) is 5.91 Å². The van der Waals surface area contributed by atoms with Crippen LogP contribution >= 0.6 is 27.5 Å². The zero-order valence-electron chi connectivity index (χ0n) is 18.5. The van der Waals surface area contributed by atoms with Crippen molar-refractivity contribution in [3.8, 4) is 5.75 Å². The molecular weight excluding hydrogens is 538 g/mol. The van der Waals surface area contributed by atoms with Gasteiger partial charge in [0.2, 0.25) is 0 Å². The summed E-state index contributed by atoms with van der Waals surface area (Å²) < 4.78 is 36.3. The Morgan fingerprint density at radius 3 is 2.58 bits per heavy atom. The average Bonchev–Trinajstić information content (AvgIpc) is 3.22. The predicted octanol–water partition coefficient (Wildman–Crippen LogP) is 3.95. The number of rotatable bonds is 4. The summed E-state index contributed by atoms with van der Waals surface area (Å²) >= 11 is 9.25. The Balaban J connectivity index is 2.05. The number of nitrogens with zero attached hydrogens (tertiary/aromatic N) is 3. The Morgan fingerprint density at radius 1 is 1.36 bits per heavy atom. The number of aromatic hydroxyl groups is 1. The Hall–Kier alpha value is -2.57. The number of hydrogen-bond donors (Lipinski definition) is 3. The zero-order chi connectivity index (χ0) is 24.7. The van der Waals surface area contributed by atoms with Crippen LogP contribution in [0.3, 0.4) is 0 Å². The molecule has 33 heavy (non-hydrogen) atoms. The van der Waals surface area contributed by atoms with E-state index in [0.717, 1.165) is 0 Å².